The Morgan fingerprint density at radius 3 is 2.70 bits per heavy atom. The highest BCUT2D eigenvalue weighted by Gasteiger charge is 2.23. The minimum Gasteiger partial charge on any atom is -0.376 e. The van der Waals surface area contributed by atoms with Gasteiger partial charge in [-0.2, -0.15) is 0 Å². The predicted octanol–water partition coefficient (Wildman–Crippen LogP) is 0.341. The average Bonchev–Trinajstić information content (AvgIpc) is 2.41. The first-order chi connectivity index (χ1) is 9.38. The van der Waals surface area contributed by atoms with E-state index in [0.717, 1.165) is 0 Å². The zero-order chi connectivity index (χ0) is 14.8. The fourth-order valence-corrected chi connectivity index (χ4v) is 2.46. The van der Waals surface area contributed by atoms with Gasteiger partial charge in [0.1, 0.15) is 0 Å². The Kier molecular flexibility index (Phi) is 4.61. The zero-order valence-electron chi connectivity index (χ0n) is 10.3. The maximum Gasteiger partial charge on any atom is 0.255 e. The topological polar surface area (TPSA) is 108 Å². The van der Waals surface area contributed by atoms with Crippen LogP contribution in [0.2, 0.25) is 5.02 Å². The molecule has 1 fully saturated rings. The van der Waals surface area contributed by atoms with Crippen molar-refractivity contribution < 1.29 is 22.7 Å². The summed E-state index contributed by atoms with van der Waals surface area (Å²) < 4.78 is 32.7. The van der Waals surface area contributed by atoms with E-state index < -0.39 is 22.0 Å². The lowest BCUT2D eigenvalue weighted by Crippen LogP contribution is -2.39. The van der Waals surface area contributed by atoms with E-state index in [0.29, 0.717) is 13.2 Å². The Morgan fingerprint density at radius 1 is 1.40 bits per heavy atom. The van der Waals surface area contributed by atoms with Crippen LogP contribution in [-0.4, -0.2) is 40.2 Å². The molecule has 110 valence electrons. The van der Waals surface area contributed by atoms with Gasteiger partial charge in [-0.1, -0.05) is 11.6 Å². The largest absolute Gasteiger partial charge is 0.376 e. The number of carbonyl (C=O) groups is 1. The van der Waals surface area contributed by atoms with Gasteiger partial charge in [0.25, 0.3) is 5.91 Å². The number of nitrogens with two attached hydrogens (primary N) is 1. The molecular formula is C11H13ClN2O5S. The van der Waals surface area contributed by atoms with Crippen molar-refractivity contribution in [2.45, 2.75) is 11.0 Å². The van der Waals surface area contributed by atoms with Gasteiger partial charge in [-0.3, -0.25) is 4.79 Å². The van der Waals surface area contributed by atoms with E-state index in [-0.39, 0.29) is 22.2 Å². The third kappa shape index (κ3) is 3.68. The number of amides is 1. The van der Waals surface area contributed by atoms with Crippen LogP contribution in [0.25, 0.3) is 0 Å². The lowest BCUT2D eigenvalue weighted by atomic mass is 10.2. The summed E-state index contributed by atoms with van der Waals surface area (Å²) in [6.45, 7) is 0.961. The molecular weight excluding hydrogens is 308 g/mol. The molecule has 2 rings (SSSR count). The van der Waals surface area contributed by atoms with Crippen LogP contribution in [0.3, 0.4) is 0 Å². The van der Waals surface area contributed by atoms with Crippen molar-refractivity contribution in [1.82, 2.24) is 0 Å². The fourth-order valence-electron chi connectivity index (χ4n) is 1.63. The fraction of sp³-hybridized carbons (Fsp3) is 0.364. The Morgan fingerprint density at radius 2 is 2.15 bits per heavy atom. The van der Waals surface area contributed by atoms with Gasteiger partial charge in [-0.15, -0.1) is 0 Å². The second kappa shape index (κ2) is 6.06. The summed E-state index contributed by atoms with van der Waals surface area (Å²) in [5.74, 6) is -0.407. The van der Waals surface area contributed by atoms with E-state index in [4.69, 9.17) is 26.2 Å². The van der Waals surface area contributed by atoms with Gasteiger partial charge in [-0.05, 0) is 18.2 Å². The molecule has 1 aromatic rings. The molecule has 1 aliphatic heterocycles. The molecule has 1 atom stereocenters. The molecule has 7 nitrogen and oxygen atoms in total. The highest BCUT2D eigenvalue weighted by Crippen LogP contribution is 2.25. The van der Waals surface area contributed by atoms with Crippen molar-refractivity contribution in [2.75, 3.05) is 25.1 Å². The molecule has 9 heteroatoms. The van der Waals surface area contributed by atoms with Crippen molar-refractivity contribution >= 4 is 33.2 Å². The van der Waals surface area contributed by atoms with Gasteiger partial charge in [0.05, 0.1) is 35.4 Å². The molecule has 0 spiro atoms. The van der Waals surface area contributed by atoms with Crippen LogP contribution in [0, 0.1) is 0 Å². The summed E-state index contributed by atoms with van der Waals surface area (Å²) in [6.07, 6.45) is -0.710. The van der Waals surface area contributed by atoms with Crippen LogP contribution < -0.4 is 10.5 Å². The standard InChI is InChI=1S/C11H13ClN2O5S/c12-8-5-7(20(13,16)17)1-2-9(8)14-11(15)10-6-18-3-4-19-10/h1-2,5,10H,3-4,6H2,(H,14,15)(H2,13,16,17). The molecule has 1 aliphatic rings. The number of rotatable bonds is 3. The molecule has 20 heavy (non-hydrogen) atoms. The average molecular weight is 321 g/mol. The van der Waals surface area contributed by atoms with E-state index >= 15 is 0 Å². The van der Waals surface area contributed by atoms with Crippen LogP contribution in [0.5, 0.6) is 0 Å². The van der Waals surface area contributed by atoms with Crippen molar-refractivity contribution in [3.8, 4) is 0 Å². The molecule has 0 saturated carbocycles. The number of ether oxygens (including phenoxy) is 2. The van der Waals surface area contributed by atoms with Gasteiger partial charge in [-0.25, -0.2) is 13.6 Å². The number of hydrogen-bond donors (Lipinski definition) is 2. The van der Waals surface area contributed by atoms with Crippen molar-refractivity contribution in [3.63, 3.8) is 0 Å². The van der Waals surface area contributed by atoms with Crippen LogP contribution in [-0.2, 0) is 24.3 Å². The monoisotopic (exact) mass is 320 g/mol. The summed E-state index contributed by atoms with van der Waals surface area (Å²) >= 11 is 5.91. The number of hydrogen-bond acceptors (Lipinski definition) is 5. The summed E-state index contributed by atoms with van der Waals surface area (Å²) in [6, 6.07) is 3.80. The van der Waals surface area contributed by atoms with Crippen LogP contribution in [0.1, 0.15) is 0 Å². The SMILES string of the molecule is NS(=O)(=O)c1ccc(NC(=O)C2COCCO2)c(Cl)c1. The summed E-state index contributed by atoms with van der Waals surface area (Å²) in [5.41, 5.74) is 0.276. The van der Waals surface area contributed by atoms with E-state index in [2.05, 4.69) is 5.32 Å². The predicted molar refractivity (Wildman–Crippen MR) is 72.0 cm³/mol. The molecule has 0 bridgehead atoms. The lowest BCUT2D eigenvalue weighted by molar-refractivity contribution is -0.142. The Balaban J connectivity index is 2.11. The van der Waals surface area contributed by atoms with E-state index in [1.165, 1.54) is 18.2 Å². The molecule has 1 aromatic carbocycles. The zero-order valence-corrected chi connectivity index (χ0v) is 11.9. The number of nitrogens with one attached hydrogen (secondary N) is 1. The van der Waals surface area contributed by atoms with Crippen molar-refractivity contribution in [2.24, 2.45) is 5.14 Å². The highest BCUT2D eigenvalue weighted by atomic mass is 35.5. The number of sulfonamides is 1. The van der Waals surface area contributed by atoms with Crippen LogP contribution in [0.15, 0.2) is 23.1 Å². The molecule has 1 heterocycles. The molecule has 1 saturated heterocycles. The Bertz CT molecular complexity index is 613. The third-order valence-corrected chi connectivity index (χ3v) is 3.86. The molecule has 1 amide bonds. The smallest absolute Gasteiger partial charge is 0.255 e. The van der Waals surface area contributed by atoms with E-state index in [9.17, 15) is 13.2 Å². The number of carbonyl (C=O) groups excluding carboxylic acids is 1. The second-order valence-corrected chi connectivity index (χ2v) is 6.08. The minimum atomic E-state index is -3.83. The summed E-state index contributed by atoms with van der Waals surface area (Å²) in [5, 5.41) is 7.60. The van der Waals surface area contributed by atoms with Gasteiger partial charge >= 0.3 is 0 Å². The maximum absolute atomic E-state index is 11.9. The lowest BCUT2D eigenvalue weighted by Gasteiger charge is -2.22. The van der Waals surface area contributed by atoms with E-state index in [1.54, 1.807) is 0 Å². The first-order valence-corrected chi connectivity index (χ1v) is 7.63. The first-order valence-electron chi connectivity index (χ1n) is 5.70. The van der Waals surface area contributed by atoms with Crippen molar-refractivity contribution in [3.05, 3.63) is 23.2 Å². The number of anilines is 1. The minimum absolute atomic E-state index is 0.0709. The Hall–Kier alpha value is -1.19. The second-order valence-electron chi connectivity index (χ2n) is 4.11. The van der Waals surface area contributed by atoms with Crippen LogP contribution in [0.4, 0.5) is 5.69 Å². The van der Waals surface area contributed by atoms with Gasteiger partial charge < -0.3 is 14.8 Å². The quantitative estimate of drug-likeness (QED) is 0.835. The number of halogens is 1. The van der Waals surface area contributed by atoms with Crippen LogP contribution >= 0.6 is 11.6 Å². The van der Waals surface area contributed by atoms with Gasteiger partial charge in [0.2, 0.25) is 10.0 Å². The van der Waals surface area contributed by atoms with Gasteiger partial charge in [0.15, 0.2) is 6.10 Å². The molecule has 1 unspecified atom stereocenters. The Labute approximate surface area is 121 Å². The summed E-state index contributed by atoms with van der Waals surface area (Å²) in [7, 11) is -3.83. The van der Waals surface area contributed by atoms with Crippen molar-refractivity contribution in [1.29, 1.82) is 0 Å². The third-order valence-electron chi connectivity index (χ3n) is 2.64. The molecule has 0 aromatic heterocycles. The number of benzene rings is 1. The molecule has 3 N–H and O–H groups in total. The highest BCUT2D eigenvalue weighted by molar-refractivity contribution is 7.89. The molecule has 0 aliphatic carbocycles. The van der Waals surface area contributed by atoms with Gasteiger partial charge in [0, 0.05) is 0 Å². The summed E-state index contributed by atoms with van der Waals surface area (Å²) in [4.78, 5) is 11.8. The first kappa shape index (κ1) is 15.2. The van der Waals surface area contributed by atoms with E-state index in [1.807, 2.05) is 0 Å². The normalized spacial score (nSPS) is 19.6. The molecule has 0 radical (unpaired) electrons. The number of primary sulfonamides is 1. The maximum atomic E-state index is 11.9.